The van der Waals surface area contributed by atoms with Crippen molar-refractivity contribution in [3.63, 3.8) is 0 Å². The molecule has 0 saturated heterocycles. The summed E-state index contributed by atoms with van der Waals surface area (Å²) in [5.74, 6) is 0.328. The minimum atomic E-state index is 0.328. The average Bonchev–Trinajstić information content (AvgIpc) is 2.05. The van der Waals surface area contributed by atoms with E-state index in [-0.39, 0.29) is 0 Å². The zero-order chi connectivity index (χ0) is 8.81. The first-order valence-electron chi connectivity index (χ1n) is 4.69. The largest absolute Gasteiger partial charge is 0.295 e. The fourth-order valence-corrected chi connectivity index (χ4v) is 1.57. The van der Waals surface area contributed by atoms with E-state index in [2.05, 4.69) is 6.58 Å². The van der Waals surface area contributed by atoms with Gasteiger partial charge in [0, 0.05) is 6.42 Å². The molecule has 0 radical (unpaired) electrons. The first kappa shape index (κ1) is 9.24. The van der Waals surface area contributed by atoms with Crippen molar-refractivity contribution in [3.05, 3.63) is 24.3 Å². The Hall–Kier alpha value is -0.850. The number of allylic oxidation sites excluding steroid dienone is 3. The van der Waals surface area contributed by atoms with Crippen molar-refractivity contribution in [2.75, 3.05) is 0 Å². The van der Waals surface area contributed by atoms with Crippen molar-refractivity contribution in [2.45, 2.75) is 38.5 Å². The number of carbonyl (C=O) groups excluding carboxylic acids is 1. The molecule has 1 aliphatic carbocycles. The molecule has 0 aromatic heterocycles. The van der Waals surface area contributed by atoms with E-state index >= 15 is 0 Å². The molecule has 1 fully saturated rings. The van der Waals surface area contributed by atoms with Crippen LogP contribution in [0, 0.1) is 0 Å². The van der Waals surface area contributed by atoms with Crippen molar-refractivity contribution in [3.8, 4) is 0 Å². The maximum absolute atomic E-state index is 11.4. The molecule has 0 amide bonds. The van der Waals surface area contributed by atoms with Gasteiger partial charge in [0.15, 0.2) is 5.78 Å². The van der Waals surface area contributed by atoms with Crippen LogP contribution in [-0.4, -0.2) is 5.78 Å². The van der Waals surface area contributed by atoms with Crippen molar-refractivity contribution >= 4 is 5.78 Å². The quantitative estimate of drug-likeness (QED) is 0.544. The topological polar surface area (TPSA) is 17.1 Å². The molecule has 0 aliphatic heterocycles. The van der Waals surface area contributed by atoms with Gasteiger partial charge in [-0.25, -0.2) is 0 Å². The molecule has 1 nitrogen and oxygen atoms in total. The third-order valence-corrected chi connectivity index (χ3v) is 2.28. The summed E-state index contributed by atoms with van der Waals surface area (Å²) in [7, 11) is 0. The maximum Gasteiger partial charge on any atom is 0.158 e. The fourth-order valence-electron chi connectivity index (χ4n) is 1.57. The fraction of sp³-hybridized carbons (Fsp3) is 0.545. The summed E-state index contributed by atoms with van der Waals surface area (Å²) >= 11 is 0. The highest BCUT2D eigenvalue weighted by atomic mass is 16.1. The number of rotatable bonds is 1. The lowest BCUT2D eigenvalue weighted by atomic mass is 9.95. The Labute approximate surface area is 74.2 Å². The lowest BCUT2D eigenvalue weighted by molar-refractivity contribution is -0.116. The van der Waals surface area contributed by atoms with Crippen molar-refractivity contribution in [1.82, 2.24) is 0 Å². The SMILES string of the molecule is C=CC=C1CCCCCCC1=O. The summed E-state index contributed by atoms with van der Waals surface area (Å²) in [6, 6.07) is 0. The summed E-state index contributed by atoms with van der Waals surface area (Å²) in [4.78, 5) is 11.4. The molecule has 66 valence electrons. The van der Waals surface area contributed by atoms with Crippen LogP contribution >= 0.6 is 0 Å². The van der Waals surface area contributed by atoms with Crippen LogP contribution in [0.3, 0.4) is 0 Å². The van der Waals surface area contributed by atoms with E-state index in [0.717, 1.165) is 31.3 Å². The van der Waals surface area contributed by atoms with Gasteiger partial charge in [-0.1, -0.05) is 31.6 Å². The first-order valence-corrected chi connectivity index (χ1v) is 4.69. The molecule has 1 saturated carbocycles. The Morgan fingerprint density at radius 2 is 1.75 bits per heavy atom. The Morgan fingerprint density at radius 3 is 2.42 bits per heavy atom. The summed E-state index contributed by atoms with van der Waals surface area (Å²) in [5.41, 5.74) is 0.977. The second kappa shape index (κ2) is 4.91. The smallest absolute Gasteiger partial charge is 0.158 e. The predicted molar refractivity (Wildman–Crippen MR) is 51.0 cm³/mol. The number of carbonyl (C=O) groups is 1. The van der Waals surface area contributed by atoms with Gasteiger partial charge in [0.25, 0.3) is 0 Å². The molecule has 0 aromatic rings. The minimum absolute atomic E-state index is 0.328. The molecule has 0 heterocycles. The predicted octanol–water partition coefficient (Wildman–Crippen LogP) is 3.02. The van der Waals surface area contributed by atoms with Gasteiger partial charge in [-0.2, -0.15) is 0 Å². The molecular weight excluding hydrogens is 148 g/mol. The van der Waals surface area contributed by atoms with Gasteiger partial charge in [0.05, 0.1) is 0 Å². The van der Waals surface area contributed by atoms with Crippen LogP contribution in [0.5, 0.6) is 0 Å². The van der Waals surface area contributed by atoms with Gasteiger partial charge < -0.3 is 0 Å². The second-order valence-corrected chi connectivity index (χ2v) is 3.26. The van der Waals surface area contributed by atoms with E-state index in [1.54, 1.807) is 6.08 Å². The standard InChI is InChI=1S/C11H16O/c1-2-7-10-8-5-3-4-6-9-11(10)12/h2,7H,1,3-6,8-9H2. The molecule has 0 spiro atoms. The highest BCUT2D eigenvalue weighted by Gasteiger charge is 2.10. The lowest BCUT2D eigenvalue weighted by Gasteiger charge is -2.09. The average molecular weight is 164 g/mol. The Morgan fingerprint density at radius 1 is 1.08 bits per heavy atom. The van der Waals surface area contributed by atoms with Crippen LogP contribution in [0.25, 0.3) is 0 Å². The van der Waals surface area contributed by atoms with Crippen LogP contribution in [0.4, 0.5) is 0 Å². The molecule has 0 unspecified atom stereocenters. The molecule has 0 atom stereocenters. The van der Waals surface area contributed by atoms with Crippen molar-refractivity contribution < 1.29 is 4.79 Å². The first-order chi connectivity index (χ1) is 5.84. The van der Waals surface area contributed by atoms with E-state index in [9.17, 15) is 4.79 Å². The normalized spacial score (nSPS) is 23.3. The van der Waals surface area contributed by atoms with Gasteiger partial charge in [0.1, 0.15) is 0 Å². The van der Waals surface area contributed by atoms with Crippen LogP contribution in [0.2, 0.25) is 0 Å². The summed E-state index contributed by atoms with van der Waals surface area (Å²) < 4.78 is 0. The van der Waals surface area contributed by atoms with E-state index in [1.165, 1.54) is 12.8 Å². The summed E-state index contributed by atoms with van der Waals surface area (Å²) in [5, 5.41) is 0. The van der Waals surface area contributed by atoms with E-state index in [0.29, 0.717) is 5.78 Å². The number of ketones is 1. The molecule has 1 rings (SSSR count). The molecule has 1 heteroatoms. The zero-order valence-electron chi connectivity index (χ0n) is 7.51. The van der Waals surface area contributed by atoms with E-state index in [4.69, 9.17) is 0 Å². The Balaban J connectivity index is 2.60. The summed E-state index contributed by atoms with van der Waals surface area (Å²) in [6.07, 6.45) is 9.97. The maximum atomic E-state index is 11.4. The monoisotopic (exact) mass is 164 g/mol. The van der Waals surface area contributed by atoms with Crippen LogP contribution in [0.15, 0.2) is 24.3 Å². The number of hydrogen-bond acceptors (Lipinski definition) is 1. The third kappa shape index (κ3) is 2.65. The van der Waals surface area contributed by atoms with E-state index in [1.807, 2.05) is 6.08 Å². The molecule has 0 bridgehead atoms. The molecule has 0 N–H and O–H groups in total. The van der Waals surface area contributed by atoms with Gasteiger partial charge in [0.2, 0.25) is 0 Å². The lowest BCUT2D eigenvalue weighted by Crippen LogP contribution is -2.05. The number of hydrogen-bond donors (Lipinski definition) is 0. The molecule has 12 heavy (non-hydrogen) atoms. The molecule has 1 aliphatic rings. The Kier molecular flexibility index (Phi) is 3.78. The van der Waals surface area contributed by atoms with Crippen molar-refractivity contribution in [1.29, 1.82) is 0 Å². The Bertz CT molecular complexity index is 201. The second-order valence-electron chi connectivity index (χ2n) is 3.26. The minimum Gasteiger partial charge on any atom is -0.295 e. The van der Waals surface area contributed by atoms with Gasteiger partial charge in [-0.05, 0) is 24.8 Å². The van der Waals surface area contributed by atoms with E-state index < -0.39 is 0 Å². The van der Waals surface area contributed by atoms with Crippen LogP contribution in [-0.2, 0) is 4.79 Å². The van der Waals surface area contributed by atoms with Gasteiger partial charge in [-0.3, -0.25) is 4.79 Å². The highest BCUT2D eigenvalue weighted by Crippen LogP contribution is 2.18. The van der Waals surface area contributed by atoms with Crippen LogP contribution < -0.4 is 0 Å². The number of Topliss-reactive ketones (excluding diaryl/α,β-unsaturated/α-hetero) is 1. The van der Waals surface area contributed by atoms with Gasteiger partial charge >= 0.3 is 0 Å². The van der Waals surface area contributed by atoms with Crippen LogP contribution in [0.1, 0.15) is 38.5 Å². The molecule has 0 aromatic carbocycles. The molecular formula is C11H16O. The van der Waals surface area contributed by atoms with Gasteiger partial charge in [-0.15, -0.1) is 0 Å². The third-order valence-electron chi connectivity index (χ3n) is 2.28. The zero-order valence-corrected chi connectivity index (χ0v) is 7.51. The highest BCUT2D eigenvalue weighted by molar-refractivity contribution is 5.95. The summed E-state index contributed by atoms with van der Waals surface area (Å²) in [6.45, 7) is 3.61. The van der Waals surface area contributed by atoms with Crippen molar-refractivity contribution in [2.24, 2.45) is 0 Å².